The number of hydrogen-bond donors (Lipinski definition) is 4. The molecule has 0 bridgehead atoms. The van der Waals surface area contributed by atoms with E-state index in [0.29, 0.717) is 0 Å². The van der Waals surface area contributed by atoms with E-state index < -0.39 is 29.9 Å². The van der Waals surface area contributed by atoms with E-state index in [1.165, 1.54) is 0 Å². The number of carboxylic acids is 2. The highest BCUT2D eigenvalue weighted by Gasteiger charge is 2.21. The second-order valence-electron chi connectivity index (χ2n) is 4.63. The Balaban J connectivity index is 2.53. The molecule has 0 saturated carbocycles. The minimum Gasteiger partial charge on any atom is -0.480 e. The van der Waals surface area contributed by atoms with Crippen LogP contribution in [0.1, 0.15) is 18.4 Å². The molecule has 1 rings (SSSR count). The van der Waals surface area contributed by atoms with Crippen LogP contribution in [0.2, 0.25) is 0 Å². The Bertz CT molecular complexity index is 503. The van der Waals surface area contributed by atoms with Crippen LogP contribution in [0.15, 0.2) is 30.3 Å². The van der Waals surface area contributed by atoms with Crippen LogP contribution in [0.5, 0.6) is 0 Å². The van der Waals surface area contributed by atoms with Crippen molar-refractivity contribution >= 4 is 17.8 Å². The van der Waals surface area contributed by atoms with Gasteiger partial charge in [0.25, 0.3) is 0 Å². The van der Waals surface area contributed by atoms with Gasteiger partial charge in [0.1, 0.15) is 12.1 Å². The van der Waals surface area contributed by atoms with Crippen LogP contribution in [-0.4, -0.2) is 40.1 Å². The minimum atomic E-state index is -1.19. The first-order valence-corrected chi connectivity index (χ1v) is 6.44. The van der Waals surface area contributed by atoms with Gasteiger partial charge in [-0.1, -0.05) is 30.3 Å². The van der Waals surface area contributed by atoms with Crippen molar-refractivity contribution in [2.75, 3.05) is 0 Å². The Morgan fingerprint density at radius 1 is 1.10 bits per heavy atom. The molecule has 0 fully saturated rings. The average Bonchev–Trinajstić information content (AvgIpc) is 2.44. The number of rotatable bonds is 8. The zero-order chi connectivity index (χ0) is 15.8. The molecule has 7 nitrogen and oxygen atoms in total. The molecule has 7 heteroatoms. The minimum absolute atomic E-state index is 0.0428. The third-order valence-electron chi connectivity index (χ3n) is 2.92. The van der Waals surface area contributed by atoms with E-state index in [1.54, 1.807) is 24.3 Å². The number of aliphatic carboxylic acids is 2. The first kappa shape index (κ1) is 16.6. The monoisotopic (exact) mass is 294 g/mol. The van der Waals surface area contributed by atoms with Gasteiger partial charge in [0.2, 0.25) is 5.91 Å². The molecule has 0 aliphatic rings. The van der Waals surface area contributed by atoms with E-state index in [-0.39, 0.29) is 19.3 Å². The molecule has 0 saturated heterocycles. The standard InChI is InChI=1S/C14H18N2O5/c15-10(13(18)19)6-7-12(17)16-11(14(20)21)8-9-4-2-1-3-5-9/h1-5,10-11H,6-8,15H2,(H,16,17)(H,18,19)(H,20,21)/t10-,11-/m0/s1. The van der Waals surface area contributed by atoms with Crippen molar-refractivity contribution in [3.63, 3.8) is 0 Å². The largest absolute Gasteiger partial charge is 0.480 e. The van der Waals surface area contributed by atoms with E-state index in [1.807, 2.05) is 6.07 Å². The van der Waals surface area contributed by atoms with Crippen LogP contribution in [-0.2, 0) is 20.8 Å². The van der Waals surface area contributed by atoms with Crippen LogP contribution >= 0.6 is 0 Å². The molecule has 1 amide bonds. The lowest BCUT2D eigenvalue weighted by Gasteiger charge is -2.15. The summed E-state index contributed by atoms with van der Waals surface area (Å²) in [4.78, 5) is 33.3. The number of carboxylic acid groups (broad SMARTS) is 2. The number of carbonyl (C=O) groups excluding carboxylic acids is 1. The molecule has 1 aromatic carbocycles. The summed E-state index contributed by atoms with van der Waals surface area (Å²) in [5.41, 5.74) is 6.07. The molecule has 0 unspecified atom stereocenters. The molecule has 0 radical (unpaired) electrons. The first-order valence-electron chi connectivity index (χ1n) is 6.44. The van der Waals surface area contributed by atoms with Crippen molar-refractivity contribution in [2.45, 2.75) is 31.3 Å². The highest BCUT2D eigenvalue weighted by Crippen LogP contribution is 2.04. The molecule has 1 aromatic rings. The number of nitrogens with one attached hydrogen (secondary N) is 1. The Morgan fingerprint density at radius 3 is 2.24 bits per heavy atom. The van der Waals surface area contributed by atoms with Gasteiger partial charge in [-0.25, -0.2) is 4.79 Å². The third-order valence-corrected chi connectivity index (χ3v) is 2.92. The van der Waals surface area contributed by atoms with Crippen molar-refractivity contribution < 1.29 is 24.6 Å². The molecule has 0 aromatic heterocycles. The third kappa shape index (κ3) is 6.05. The lowest BCUT2D eigenvalue weighted by molar-refractivity contribution is -0.142. The predicted molar refractivity (Wildman–Crippen MR) is 74.6 cm³/mol. The molecule has 0 spiro atoms. The number of nitrogens with two attached hydrogens (primary N) is 1. The van der Waals surface area contributed by atoms with Crippen molar-refractivity contribution in [1.82, 2.24) is 5.32 Å². The molecular weight excluding hydrogens is 276 g/mol. The quantitative estimate of drug-likeness (QED) is 0.533. The fourth-order valence-corrected chi connectivity index (χ4v) is 1.73. The van der Waals surface area contributed by atoms with Crippen LogP contribution in [0.4, 0.5) is 0 Å². The summed E-state index contributed by atoms with van der Waals surface area (Å²) in [5.74, 6) is -2.87. The molecular formula is C14H18N2O5. The van der Waals surface area contributed by atoms with Gasteiger partial charge in [-0.15, -0.1) is 0 Å². The van der Waals surface area contributed by atoms with Gasteiger partial charge in [0.15, 0.2) is 0 Å². The highest BCUT2D eigenvalue weighted by atomic mass is 16.4. The number of amides is 1. The molecule has 0 aliphatic heterocycles. The molecule has 0 aliphatic carbocycles. The summed E-state index contributed by atoms with van der Waals surface area (Å²) in [7, 11) is 0. The Morgan fingerprint density at radius 2 is 1.71 bits per heavy atom. The van der Waals surface area contributed by atoms with E-state index >= 15 is 0 Å². The van der Waals surface area contributed by atoms with Crippen molar-refractivity contribution in [3.05, 3.63) is 35.9 Å². The summed E-state index contributed by atoms with van der Waals surface area (Å²) in [6.07, 6.45) is -0.0161. The Hall–Kier alpha value is -2.41. The normalized spacial score (nSPS) is 13.2. The Kier molecular flexibility index (Phi) is 6.35. The fourth-order valence-electron chi connectivity index (χ4n) is 1.73. The zero-order valence-corrected chi connectivity index (χ0v) is 11.4. The second-order valence-corrected chi connectivity index (χ2v) is 4.63. The average molecular weight is 294 g/mol. The lowest BCUT2D eigenvalue weighted by atomic mass is 10.1. The molecule has 0 heterocycles. The number of benzene rings is 1. The van der Waals surface area contributed by atoms with E-state index in [0.717, 1.165) is 5.56 Å². The van der Waals surface area contributed by atoms with Crippen molar-refractivity contribution in [1.29, 1.82) is 0 Å². The van der Waals surface area contributed by atoms with Crippen LogP contribution in [0.25, 0.3) is 0 Å². The van der Waals surface area contributed by atoms with E-state index in [9.17, 15) is 14.4 Å². The SMILES string of the molecule is N[C@@H](CCC(=O)N[C@@H](Cc1ccccc1)C(=O)O)C(=O)O. The summed E-state index contributed by atoms with van der Waals surface area (Å²) >= 11 is 0. The summed E-state index contributed by atoms with van der Waals surface area (Å²) < 4.78 is 0. The van der Waals surface area contributed by atoms with E-state index in [2.05, 4.69) is 5.32 Å². The maximum absolute atomic E-state index is 11.7. The maximum Gasteiger partial charge on any atom is 0.326 e. The Labute approximate surface area is 121 Å². The fraction of sp³-hybridized carbons (Fsp3) is 0.357. The van der Waals surface area contributed by atoms with Gasteiger partial charge >= 0.3 is 11.9 Å². The van der Waals surface area contributed by atoms with Crippen LogP contribution in [0.3, 0.4) is 0 Å². The topological polar surface area (TPSA) is 130 Å². The molecule has 21 heavy (non-hydrogen) atoms. The smallest absolute Gasteiger partial charge is 0.326 e. The molecule has 114 valence electrons. The number of hydrogen-bond acceptors (Lipinski definition) is 4. The predicted octanol–water partition coefficient (Wildman–Crippen LogP) is -0.00940. The molecule has 2 atom stereocenters. The lowest BCUT2D eigenvalue weighted by Crippen LogP contribution is -2.43. The van der Waals surface area contributed by atoms with Gasteiger partial charge in [-0.2, -0.15) is 0 Å². The van der Waals surface area contributed by atoms with Crippen LogP contribution < -0.4 is 11.1 Å². The first-order chi connectivity index (χ1) is 9.90. The highest BCUT2D eigenvalue weighted by molar-refractivity contribution is 5.84. The van der Waals surface area contributed by atoms with Crippen molar-refractivity contribution in [3.8, 4) is 0 Å². The maximum atomic E-state index is 11.7. The van der Waals surface area contributed by atoms with Crippen molar-refractivity contribution in [2.24, 2.45) is 5.73 Å². The van der Waals surface area contributed by atoms with Gasteiger partial charge in [0.05, 0.1) is 0 Å². The second kappa shape index (κ2) is 8.01. The zero-order valence-electron chi connectivity index (χ0n) is 11.4. The summed E-state index contributed by atoms with van der Waals surface area (Å²) in [6, 6.07) is 6.72. The van der Waals surface area contributed by atoms with Crippen LogP contribution in [0, 0.1) is 0 Å². The van der Waals surface area contributed by atoms with Gasteiger partial charge in [-0.3, -0.25) is 9.59 Å². The summed E-state index contributed by atoms with van der Waals surface area (Å²) in [5, 5.41) is 20.1. The van der Waals surface area contributed by atoms with Gasteiger partial charge < -0.3 is 21.3 Å². The molecule has 5 N–H and O–H groups in total. The van der Waals surface area contributed by atoms with E-state index in [4.69, 9.17) is 15.9 Å². The summed E-state index contributed by atoms with van der Waals surface area (Å²) in [6.45, 7) is 0. The van der Waals surface area contributed by atoms with Gasteiger partial charge in [-0.05, 0) is 12.0 Å². The van der Waals surface area contributed by atoms with Gasteiger partial charge in [0, 0.05) is 12.8 Å². The number of carbonyl (C=O) groups is 3.